The van der Waals surface area contributed by atoms with Gasteiger partial charge in [0.2, 0.25) is 10.0 Å². The van der Waals surface area contributed by atoms with Crippen molar-refractivity contribution in [3.8, 4) is 11.3 Å². The van der Waals surface area contributed by atoms with Crippen LogP contribution in [0, 0.1) is 0 Å². The van der Waals surface area contributed by atoms with E-state index < -0.39 is 10.0 Å². The van der Waals surface area contributed by atoms with E-state index in [1.54, 1.807) is 4.31 Å². The maximum atomic E-state index is 11.8. The van der Waals surface area contributed by atoms with Gasteiger partial charge in [-0.2, -0.15) is 0 Å². The Morgan fingerprint density at radius 2 is 1.85 bits per heavy atom. The van der Waals surface area contributed by atoms with Gasteiger partial charge >= 0.3 is 0 Å². The average Bonchev–Trinajstić information content (AvgIpc) is 3.07. The van der Waals surface area contributed by atoms with E-state index in [1.807, 2.05) is 24.5 Å². The SMILES string of the molecule is CCC[C@@H](C)c1c(-c2ccccc2)ncn1C1CCN(S(C)(=O)=O)CC1. The molecule has 5 nitrogen and oxygen atoms in total. The quantitative estimate of drug-likeness (QED) is 0.765. The lowest BCUT2D eigenvalue weighted by Crippen LogP contribution is -2.38. The number of piperidine rings is 1. The monoisotopic (exact) mass is 375 g/mol. The number of benzene rings is 1. The van der Waals surface area contributed by atoms with Crippen molar-refractivity contribution in [2.45, 2.75) is 51.5 Å². The Bertz CT molecular complexity index is 822. The van der Waals surface area contributed by atoms with Crippen LogP contribution in [0.1, 0.15) is 57.2 Å². The van der Waals surface area contributed by atoms with E-state index >= 15 is 0 Å². The summed E-state index contributed by atoms with van der Waals surface area (Å²) < 4.78 is 27.5. The van der Waals surface area contributed by atoms with Gasteiger partial charge in [0.25, 0.3) is 0 Å². The molecule has 0 aliphatic carbocycles. The Morgan fingerprint density at radius 3 is 2.42 bits per heavy atom. The van der Waals surface area contributed by atoms with Gasteiger partial charge in [-0.15, -0.1) is 0 Å². The summed E-state index contributed by atoms with van der Waals surface area (Å²) in [5.74, 6) is 0.422. The molecule has 3 rings (SSSR count). The Kier molecular flexibility index (Phi) is 5.82. The lowest BCUT2D eigenvalue weighted by molar-refractivity contribution is 0.270. The molecule has 0 bridgehead atoms. The first-order chi connectivity index (χ1) is 12.4. The Balaban J connectivity index is 1.91. The summed E-state index contributed by atoms with van der Waals surface area (Å²) in [5.41, 5.74) is 3.51. The van der Waals surface area contributed by atoms with Gasteiger partial charge in [0.05, 0.1) is 18.3 Å². The molecule has 1 aliphatic heterocycles. The van der Waals surface area contributed by atoms with E-state index in [2.05, 4.69) is 30.5 Å². The largest absolute Gasteiger partial charge is 0.331 e. The molecule has 6 heteroatoms. The van der Waals surface area contributed by atoms with E-state index in [1.165, 1.54) is 11.9 Å². The van der Waals surface area contributed by atoms with Gasteiger partial charge in [0.1, 0.15) is 0 Å². The second-order valence-corrected chi connectivity index (χ2v) is 9.32. The fourth-order valence-electron chi connectivity index (χ4n) is 3.99. The molecule has 2 aromatic rings. The summed E-state index contributed by atoms with van der Waals surface area (Å²) in [7, 11) is -3.10. The lowest BCUT2D eigenvalue weighted by Gasteiger charge is -2.32. The summed E-state index contributed by atoms with van der Waals surface area (Å²) in [4.78, 5) is 4.76. The third-order valence-electron chi connectivity index (χ3n) is 5.35. The average molecular weight is 376 g/mol. The van der Waals surface area contributed by atoms with Crippen LogP contribution in [0.5, 0.6) is 0 Å². The minimum absolute atomic E-state index is 0.312. The zero-order chi connectivity index (χ0) is 18.7. The topological polar surface area (TPSA) is 55.2 Å². The number of rotatable bonds is 6. The second-order valence-electron chi connectivity index (χ2n) is 7.33. The maximum Gasteiger partial charge on any atom is 0.211 e. The van der Waals surface area contributed by atoms with E-state index in [4.69, 9.17) is 4.98 Å². The highest BCUT2D eigenvalue weighted by molar-refractivity contribution is 7.88. The highest BCUT2D eigenvalue weighted by atomic mass is 32.2. The van der Waals surface area contributed by atoms with Gasteiger partial charge in [-0.05, 0) is 25.2 Å². The van der Waals surface area contributed by atoms with Gasteiger partial charge in [0.15, 0.2) is 0 Å². The minimum Gasteiger partial charge on any atom is -0.331 e. The summed E-state index contributed by atoms with van der Waals surface area (Å²) in [5, 5.41) is 0. The fraction of sp³-hybridized carbons (Fsp3) is 0.550. The fourth-order valence-corrected chi connectivity index (χ4v) is 4.86. The predicted octanol–water partition coefficient (Wildman–Crippen LogP) is 4.05. The van der Waals surface area contributed by atoms with Crippen LogP contribution in [0.4, 0.5) is 0 Å². The molecule has 0 amide bonds. The molecular weight excluding hydrogens is 346 g/mol. The first-order valence-corrected chi connectivity index (χ1v) is 11.3. The van der Waals surface area contributed by atoms with E-state index in [-0.39, 0.29) is 0 Å². The summed E-state index contributed by atoms with van der Waals surface area (Å²) in [6.45, 7) is 5.66. The third kappa shape index (κ3) is 4.01. The minimum atomic E-state index is -3.10. The first-order valence-electron chi connectivity index (χ1n) is 9.49. The molecule has 0 N–H and O–H groups in total. The van der Waals surface area contributed by atoms with Crippen molar-refractivity contribution < 1.29 is 8.42 Å². The smallest absolute Gasteiger partial charge is 0.211 e. The van der Waals surface area contributed by atoms with Crippen molar-refractivity contribution in [2.75, 3.05) is 19.3 Å². The van der Waals surface area contributed by atoms with Crippen LogP contribution in [0.3, 0.4) is 0 Å². The van der Waals surface area contributed by atoms with Crippen LogP contribution in [0.2, 0.25) is 0 Å². The summed E-state index contributed by atoms with van der Waals surface area (Å²) in [6.07, 6.45) is 7.19. The second kappa shape index (κ2) is 7.92. The summed E-state index contributed by atoms with van der Waals surface area (Å²) >= 11 is 0. The maximum absolute atomic E-state index is 11.8. The van der Waals surface area contributed by atoms with Crippen molar-refractivity contribution in [2.24, 2.45) is 0 Å². The Morgan fingerprint density at radius 1 is 1.19 bits per heavy atom. The van der Waals surface area contributed by atoms with Gasteiger partial charge in [-0.1, -0.05) is 50.6 Å². The zero-order valence-electron chi connectivity index (χ0n) is 15.9. The number of hydrogen-bond acceptors (Lipinski definition) is 3. The molecule has 1 fully saturated rings. The van der Waals surface area contributed by atoms with Crippen LogP contribution in [0.15, 0.2) is 36.7 Å². The van der Waals surface area contributed by atoms with Crippen LogP contribution in [0.25, 0.3) is 11.3 Å². The van der Waals surface area contributed by atoms with Crippen LogP contribution >= 0.6 is 0 Å². The molecule has 142 valence electrons. The van der Waals surface area contributed by atoms with Crippen LogP contribution in [-0.4, -0.2) is 41.6 Å². The lowest BCUT2D eigenvalue weighted by atomic mass is 9.96. The van der Waals surface area contributed by atoms with Crippen molar-refractivity contribution in [1.82, 2.24) is 13.9 Å². The number of sulfonamides is 1. The van der Waals surface area contributed by atoms with Crippen molar-refractivity contribution in [1.29, 1.82) is 0 Å². The van der Waals surface area contributed by atoms with Gasteiger partial charge < -0.3 is 4.57 Å². The molecule has 26 heavy (non-hydrogen) atoms. The first kappa shape index (κ1) is 19.1. The zero-order valence-corrected chi connectivity index (χ0v) is 16.7. The Labute approximate surface area is 157 Å². The molecule has 1 saturated heterocycles. The summed E-state index contributed by atoms with van der Waals surface area (Å²) in [6, 6.07) is 10.7. The molecule has 2 heterocycles. The Hall–Kier alpha value is -1.66. The number of aromatic nitrogens is 2. The molecular formula is C20H29N3O2S. The van der Waals surface area contributed by atoms with Crippen LogP contribution in [-0.2, 0) is 10.0 Å². The van der Waals surface area contributed by atoms with Gasteiger partial charge in [0, 0.05) is 30.4 Å². The molecule has 1 aromatic carbocycles. The molecule has 0 radical (unpaired) electrons. The normalized spacial score (nSPS) is 18.1. The van der Waals surface area contributed by atoms with Crippen molar-refractivity contribution >= 4 is 10.0 Å². The van der Waals surface area contributed by atoms with Gasteiger partial charge in [-0.3, -0.25) is 0 Å². The van der Waals surface area contributed by atoms with Crippen molar-refractivity contribution in [3.05, 3.63) is 42.4 Å². The van der Waals surface area contributed by atoms with Gasteiger partial charge in [-0.25, -0.2) is 17.7 Å². The molecule has 1 aromatic heterocycles. The number of nitrogens with zero attached hydrogens (tertiary/aromatic N) is 3. The van der Waals surface area contributed by atoms with E-state index in [0.717, 1.165) is 36.9 Å². The van der Waals surface area contributed by atoms with Crippen molar-refractivity contribution in [3.63, 3.8) is 0 Å². The van der Waals surface area contributed by atoms with E-state index in [9.17, 15) is 8.42 Å². The predicted molar refractivity (Wildman–Crippen MR) is 106 cm³/mol. The van der Waals surface area contributed by atoms with Crippen LogP contribution < -0.4 is 0 Å². The molecule has 0 unspecified atom stereocenters. The molecule has 0 saturated carbocycles. The highest BCUT2D eigenvalue weighted by Gasteiger charge is 2.29. The number of imidazole rings is 1. The molecule has 0 spiro atoms. The highest BCUT2D eigenvalue weighted by Crippen LogP contribution is 2.35. The molecule has 1 atom stereocenters. The number of hydrogen-bond donors (Lipinski definition) is 0. The molecule has 1 aliphatic rings. The van der Waals surface area contributed by atoms with E-state index in [0.29, 0.717) is 25.0 Å². The third-order valence-corrected chi connectivity index (χ3v) is 6.66. The standard InChI is InChI=1S/C20H29N3O2S/c1-4-8-16(2)20-19(17-9-6-5-7-10-17)21-15-23(20)18-11-13-22(14-12-18)26(3,24)25/h5-7,9-10,15-16,18H,4,8,11-14H2,1-3H3/t16-/m1/s1.